The van der Waals surface area contributed by atoms with Gasteiger partial charge in [0.05, 0.1) is 6.04 Å². The summed E-state index contributed by atoms with van der Waals surface area (Å²) < 4.78 is 0. The predicted octanol–water partition coefficient (Wildman–Crippen LogP) is 1.81. The minimum absolute atomic E-state index is 0.214. The summed E-state index contributed by atoms with van der Waals surface area (Å²) in [7, 11) is 0. The number of rotatable bonds is 2. The fourth-order valence-corrected chi connectivity index (χ4v) is 2.11. The first-order chi connectivity index (χ1) is 6.03. The summed E-state index contributed by atoms with van der Waals surface area (Å²) in [6.07, 6.45) is 4.26. The van der Waals surface area contributed by atoms with Gasteiger partial charge >= 0.3 is 0 Å². The SMILES string of the molecule is CSC1CNCC1/N=C/C(C)(C)C. The molecule has 1 saturated heterocycles. The fraction of sp³-hybridized carbons (Fsp3) is 0.900. The first kappa shape index (κ1) is 11.1. The van der Waals surface area contributed by atoms with Crippen molar-refractivity contribution in [1.29, 1.82) is 0 Å². The fourth-order valence-electron chi connectivity index (χ4n) is 1.35. The lowest BCUT2D eigenvalue weighted by atomic mass is 9.99. The van der Waals surface area contributed by atoms with Gasteiger partial charge in [-0.05, 0) is 11.7 Å². The number of nitrogens with zero attached hydrogens (tertiary/aromatic N) is 1. The molecule has 0 amide bonds. The molecule has 2 nitrogen and oxygen atoms in total. The Morgan fingerprint density at radius 1 is 1.38 bits per heavy atom. The molecule has 1 heterocycles. The van der Waals surface area contributed by atoms with Crippen molar-refractivity contribution in [1.82, 2.24) is 5.32 Å². The van der Waals surface area contributed by atoms with Gasteiger partial charge in [0.2, 0.25) is 0 Å². The average Bonchev–Trinajstić information content (AvgIpc) is 2.46. The summed E-state index contributed by atoms with van der Waals surface area (Å²) >= 11 is 1.91. The maximum absolute atomic E-state index is 4.64. The molecule has 76 valence electrons. The predicted molar refractivity (Wildman–Crippen MR) is 61.9 cm³/mol. The van der Waals surface area contributed by atoms with Crippen LogP contribution in [0.25, 0.3) is 0 Å². The van der Waals surface area contributed by atoms with E-state index in [0.29, 0.717) is 11.3 Å². The second-order valence-corrected chi connectivity index (χ2v) is 5.72. The number of aliphatic imine (C=N–C) groups is 1. The van der Waals surface area contributed by atoms with E-state index in [-0.39, 0.29) is 5.41 Å². The van der Waals surface area contributed by atoms with Crippen LogP contribution in [0.5, 0.6) is 0 Å². The molecule has 1 rings (SSSR count). The van der Waals surface area contributed by atoms with Crippen LogP contribution in [-0.4, -0.2) is 36.9 Å². The van der Waals surface area contributed by atoms with E-state index >= 15 is 0 Å². The highest BCUT2D eigenvalue weighted by Crippen LogP contribution is 2.18. The van der Waals surface area contributed by atoms with Gasteiger partial charge in [0, 0.05) is 24.6 Å². The molecule has 0 saturated carbocycles. The first-order valence-corrected chi connectivity index (χ1v) is 6.09. The third-order valence-corrected chi connectivity index (χ3v) is 3.17. The summed E-state index contributed by atoms with van der Waals surface area (Å²) in [5.74, 6) is 0. The number of thioether (sulfide) groups is 1. The van der Waals surface area contributed by atoms with Gasteiger partial charge < -0.3 is 5.32 Å². The average molecular weight is 200 g/mol. The van der Waals surface area contributed by atoms with Crippen LogP contribution in [0, 0.1) is 5.41 Å². The van der Waals surface area contributed by atoms with Gasteiger partial charge in [-0.1, -0.05) is 20.8 Å². The molecule has 0 aromatic carbocycles. The molecule has 2 unspecified atom stereocenters. The largest absolute Gasteiger partial charge is 0.313 e. The monoisotopic (exact) mass is 200 g/mol. The van der Waals surface area contributed by atoms with Crippen LogP contribution in [0.3, 0.4) is 0 Å². The van der Waals surface area contributed by atoms with Gasteiger partial charge in [-0.2, -0.15) is 11.8 Å². The quantitative estimate of drug-likeness (QED) is 0.688. The Labute approximate surface area is 85.6 Å². The maximum Gasteiger partial charge on any atom is 0.0750 e. The normalized spacial score (nSPS) is 30.2. The van der Waals surface area contributed by atoms with Crippen LogP contribution in [0.15, 0.2) is 4.99 Å². The van der Waals surface area contributed by atoms with Crippen LogP contribution >= 0.6 is 11.8 Å². The van der Waals surface area contributed by atoms with E-state index in [1.807, 2.05) is 11.8 Å². The smallest absolute Gasteiger partial charge is 0.0750 e. The Balaban J connectivity index is 2.48. The number of hydrogen-bond acceptors (Lipinski definition) is 3. The van der Waals surface area contributed by atoms with E-state index in [4.69, 9.17) is 0 Å². The number of nitrogens with one attached hydrogen (secondary N) is 1. The Hall–Kier alpha value is -0.0200. The summed E-state index contributed by atoms with van der Waals surface area (Å²) in [5.41, 5.74) is 0.214. The molecular formula is C10H20N2S. The molecule has 3 heteroatoms. The Morgan fingerprint density at radius 3 is 2.62 bits per heavy atom. The first-order valence-electron chi connectivity index (χ1n) is 4.81. The van der Waals surface area contributed by atoms with Crippen LogP contribution < -0.4 is 5.32 Å². The molecule has 0 aromatic rings. The summed E-state index contributed by atoms with van der Waals surface area (Å²) in [5, 5.41) is 4.04. The van der Waals surface area contributed by atoms with Crippen LogP contribution in [0.4, 0.5) is 0 Å². The minimum Gasteiger partial charge on any atom is -0.313 e. The summed E-state index contributed by atoms with van der Waals surface area (Å²) in [6, 6.07) is 0.481. The van der Waals surface area contributed by atoms with Gasteiger partial charge in [0.25, 0.3) is 0 Å². The molecule has 0 spiro atoms. The molecule has 2 atom stereocenters. The van der Waals surface area contributed by atoms with Crippen LogP contribution in [0.2, 0.25) is 0 Å². The van der Waals surface area contributed by atoms with Crippen molar-refractivity contribution >= 4 is 18.0 Å². The van der Waals surface area contributed by atoms with Gasteiger partial charge in [0.1, 0.15) is 0 Å². The molecule has 13 heavy (non-hydrogen) atoms. The van der Waals surface area contributed by atoms with Crippen molar-refractivity contribution < 1.29 is 0 Å². The van der Waals surface area contributed by atoms with Crippen molar-refractivity contribution in [2.75, 3.05) is 19.3 Å². The van der Waals surface area contributed by atoms with Crippen molar-refractivity contribution in [2.24, 2.45) is 10.4 Å². The molecule has 0 aliphatic carbocycles. The van der Waals surface area contributed by atoms with Crippen molar-refractivity contribution in [2.45, 2.75) is 32.1 Å². The van der Waals surface area contributed by atoms with Crippen molar-refractivity contribution in [3.8, 4) is 0 Å². The minimum atomic E-state index is 0.214. The lowest BCUT2D eigenvalue weighted by Crippen LogP contribution is -2.20. The highest BCUT2D eigenvalue weighted by Gasteiger charge is 2.25. The lowest BCUT2D eigenvalue weighted by Gasteiger charge is -2.15. The van der Waals surface area contributed by atoms with E-state index in [1.165, 1.54) is 0 Å². The van der Waals surface area contributed by atoms with E-state index in [0.717, 1.165) is 13.1 Å². The highest BCUT2D eigenvalue weighted by atomic mass is 32.2. The molecule has 1 fully saturated rings. The zero-order valence-corrected chi connectivity index (χ0v) is 9.82. The lowest BCUT2D eigenvalue weighted by molar-refractivity contribution is 0.597. The van der Waals surface area contributed by atoms with Gasteiger partial charge in [-0.3, -0.25) is 4.99 Å². The zero-order valence-electron chi connectivity index (χ0n) is 9.00. The Kier molecular flexibility index (Phi) is 3.80. The maximum atomic E-state index is 4.64. The molecule has 1 N–H and O–H groups in total. The van der Waals surface area contributed by atoms with E-state index in [9.17, 15) is 0 Å². The highest BCUT2D eigenvalue weighted by molar-refractivity contribution is 7.99. The third kappa shape index (κ3) is 3.69. The Morgan fingerprint density at radius 2 is 2.08 bits per heavy atom. The second-order valence-electron chi connectivity index (χ2n) is 4.64. The summed E-state index contributed by atoms with van der Waals surface area (Å²) in [4.78, 5) is 4.64. The zero-order chi connectivity index (χ0) is 9.90. The molecule has 0 bridgehead atoms. The van der Waals surface area contributed by atoms with E-state index in [2.05, 4.69) is 43.6 Å². The third-order valence-electron chi connectivity index (χ3n) is 2.08. The van der Waals surface area contributed by atoms with Crippen molar-refractivity contribution in [3.05, 3.63) is 0 Å². The standard InChI is InChI=1S/C10H20N2S/c1-10(2,3)7-12-8-5-11-6-9(8)13-4/h7-9,11H,5-6H2,1-4H3/b12-7+. The van der Waals surface area contributed by atoms with E-state index < -0.39 is 0 Å². The van der Waals surface area contributed by atoms with E-state index in [1.54, 1.807) is 0 Å². The second kappa shape index (κ2) is 4.47. The van der Waals surface area contributed by atoms with Crippen LogP contribution in [0.1, 0.15) is 20.8 Å². The summed E-state index contributed by atoms with van der Waals surface area (Å²) in [6.45, 7) is 8.71. The number of hydrogen-bond donors (Lipinski definition) is 1. The van der Waals surface area contributed by atoms with Crippen molar-refractivity contribution in [3.63, 3.8) is 0 Å². The molecule has 0 radical (unpaired) electrons. The molecular weight excluding hydrogens is 180 g/mol. The topological polar surface area (TPSA) is 24.4 Å². The van der Waals surface area contributed by atoms with Gasteiger partial charge in [-0.25, -0.2) is 0 Å². The van der Waals surface area contributed by atoms with Gasteiger partial charge in [-0.15, -0.1) is 0 Å². The van der Waals surface area contributed by atoms with Crippen LogP contribution in [-0.2, 0) is 0 Å². The van der Waals surface area contributed by atoms with Gasteiger partial charge in [0.15, 0.2) is 0 Å². The molecule has 0 aromatic heterocycles. The molecule has 1 aliphatic heterocycles. The molecule has 1 aliphatic rings. The Bertz CT molecular complexity index is 184.